The molecular weight excluding hydrogens is 460 g/mol. The van der Waals surface area contributed by atoms with Gasteiger partial charge < -0.3 is 19.7 Å². The summed E-state index contributed by atoms with van der Waals surface area (Å²) in [6, 6.07) is 8.01. The van der Waals surface area contributed by atoms with Crippen LogP contribution in [0.2, 0.25) is 0 Å². The van der Waals surface area contributed by atoms with Crippen molar-refractivity contribution in [3.8, 4) is 23.0 Å². The number of hydrogen-bond donors (Lipinski definition) is 3. The lowest BCUT2D eigenvalue weighted by Gasteiger charge is -2.10. The smallest absolute Gasteiger partial charge is 0.277 e. The van der Waals surface area contributed by atoms with Crippen molar-refractivity contribution in [1.29, 1.82) is 0 Å². The van der Waals surface area contributed by atoms with Gasteiger partial charge in [0.25, 0.3) is 5.91 Å². The molecule has 0 aliphatic rings. The Bertz CT molecular complexity index is 788. The van der Waals surface area contributed by atoms with Crippen molar-refractivity contribution in [2.45, 2.75) is 0 Å². The van der Waals surface area contributed by atoms with Gasteiger partial charge >= 0.3 is 0 Å². The molecule has 0 unspecified atom stereocenters. The first-order valence-electron chi connectivity index (χ1n) is 6.90. The molecule has 0 aromatic heterocycles. The SMILES string of the molecule is COc1cc(Br)ccc1OCC(=O)N/N=C\c1cc(O)c(O)c(Br)c1. The average Bonchev–Trinajstić information content (AvgIpc) is 2.58. The van der Waals surface area contributed by atoms with Crippen molar-refractivity contribution in [2.24, 2.45) is 5.10 Å². The fourth-order valence-electron chi connectivity index (χ4n) is 1.79. The zero-order valence-corrected chi connectivity index (χ0v) is 16.2. The molecule has 9 heteroatoms. The summed E-state index contributed by atoms with van der Waals surface area (Å²) in [4.78, 5) is 11.8. The Labute approximate surface area is 160 Å². The van der Waals surface area contributed by atoms with Crippen LogP contribution >= 0.6 is 31.9 Å². The Morgan fingerprint density at radius 1 is 1.24 bits per heavy atom. The van der Waals surface area contributed by atoms with E-state index in [-0.39, 0.29) is 18.1 Å². The van der Waals surface area contributed by atoms with E-state index in [0.717, 1.165) is 4.47 Å². The molecule has 2 rings (SSSR count). The third kappa shape index (κ3) is 5.36. The fraction of sp³-hybridized carbons (Fsp3) is 0.125. The van der Waals surface area contributed by atoms with Crippen LogP contribution in [0.4, 0.5) is 0 Å². The van der Waals surface area contributed by atoms with Crippen molar-refractivity contribution in [1.82, 2.24) is 5.43 Å². The summed E-state index contributed by atoms with van der Waals surface area (Å²) in [5.74, 6) is -0.110. The first kappa shape index (κ1) is 19.1. The lowest BCUT2D eigenvalue weighted by molar-refractivity contribution is -0.123. The number of phenols is 2. The molecule has 132 valence electrons. The first-order valence-corrected chi connectivity index (χ1v) is 8.49. The third-order valence-electron chi connectivity index (χ3n) is 2.95. The topological polar surface area (TPSA) is 100 Å². The molecule has 1 amide bonds. The molecule has 0 radical (unpaired) electrons. The van der Waals surface area contributed by atoms with Crippen molar-refractivity contribution in [2.75, 3.05) is 13.7 Å². The van der Waals surface area contributed by atoms with Gasteiger partial charge in [0, 0.05) is 4.47 Å². The van der Waals surface area contributed by atoms with Crippen LogP contribution in [0, 0.1) is 0 Å². The number of nitrogens with zero attached hydrogens (tertiary/aromatic N) is 1. The minimum atomic E-state index is -0.469. The number of rotatable bonds is 6. The zero-order chi connectivity index (χ0) is 18.4. The van der Waals surface area contributed by atoms with Gasteiger partial charge in [-0.15, -0.1) is 0 Å². The number of hydrazone groups is 1. The third-order valence-corrected chi connectivity index (χ3v) is 4.05. The maximum atomic E-state index is 11.8. The molecule has 0 atom stereocenters. The van der Waals surface area contributed by atoms with E-state index >= 15 is 0 Å². The Morgan fingerprint density at radius 3 is 2.68 bits per heavy atom. The lowest BCUT2D eigenvalue weighted by Crippen LogP contribution is -2.24. The normalized spacial score (nSPS) is 10.7. The number of hydrogen-bond acceptors (Lipinski definition) is 6. The predicted molar refractivity (Wildman–Crippen MR) is 99.4 cm³/mol. The van der Waals surface area contributed by atoms with E-state index < -0.39 is 5.91 Å². The minimum Gasteiger partial charge on any atom is -0.504 e. The molecule has 0 fully saturated rings. The number of benzene rings is 2. The zero-order valence-electron chi connectivity index (χ0n) is 13.0. The number of carbonyl (C=O) groups excluding carboxylic acids is 1. The molecule has 0 aliphatic carbocycles. The van der Waals surface area contributed by atoms with Gasteiger partial charge in [-0.3, -0.25) is 4.79 Å². The summed E-state index contributed by atoms with van der Waals surface area (Å²) in [6.45, 7) is -0.250. The van der Waals surface area contributed by atoms with Gasteiger partial charge in [0.05, 0.1) is 17.8 Å². The number of nitrogens with one attached hydrogen (secondary N) is 1. The highest BCUT2D eigenvalue weighted by Gasteiger charge is 2.08. The molecule has 2 aromatic rings. The second kappa shape index (κ2) is 8.72. The van der Waals surface area contributed by atoms with Crippen LogP contribution in [0.25, 0.3) is 0 Å². The summed E-state index contributed by atoms with van der Waals surface area (Å²) in [5, 5.41) is 22.7. The Hall–Kier alpha value is -2.26. The molecule has 0 bridgehead atoms. The number of amides is 1. The summed E-state index contributed by atoms with van der Waals surface area (Å²) in [6.07, 6.45) is 1.32. The fourth-order valence-corrected chi connectivity index (χ4v) is 2.60. The Kier molecular flexibility index (Phi) is 6.65. The van der Waals surface area contributed by atoms with Crippen LogP contribution in [-0.4, -0.2) is 36.1 Å². The quantitative estimate of drug-likeness (QED) is 0.340. The van der Waals surface area contributed by atoms with Crippen LogP contribution in [0.3, 0.4) is 0 Å². The number of carbonyl (C=O) groups is 1. The van der Waals surface area contributed by atoms with E-state index in [2.05, 4.69) is 42.4 Å². The van der Waals surface area contributed by atoms with E-state index in [4.69, 9.17) is 9.47 Å². The highest BCUT2D eigenvalue weighted by atomic mass is 79.9. The van der Waals surface area contributed by atoms with E-state index in [0.29, 0.717) is 21.5 Å². The second-order valence-corrected chi connectivity index (χ2v) is 6.52. The highest BCUT2D eigenvalue weighted by molar-refractivity contribution is 9.10. The largest absolute Gasteiger partial charge is 0.504 e. The highest BCUT2D eigenvalue weighted by Crippen LogP contribution is 2.33. The molecule has 25 heavy (non-hydrogen) atoms. The predicted octanol–water partition coefficient (Wildman–Crippen LogP) is 3.16. The molecule has 0 saturated carbocycles. The van der Waals surface area contributed by atoms with Crippen molar-refractivity contribution in [3.63, 3.8) is 0 Å². The number of halogens is 2. The average molecular weight is 474 g/mol. The molecule has 2 aromatic carbocycles. The van der Waals surface area contributed by atoms with Gasteiger partial charge in [-0.1, -0.05) is 15.9 Å². The molecule has 0 spiro atoms. The first-order chi connectivity index (χ1) is 11.9. The van der Waals surface area contributed by atoms with Gasteiger partial charge in [0.1, 0.15) is 0 Å². The van der Waals surface area contributed by atoms with Crippen LogP contribution in [0.15, 0.2) is 44.4 Å². The molecular formula is C16H14Br2N2O5. The Balaban J connectivity index is 1.91. The summed E-state index contributed by atoms with van der Waals surface area (Å²) in [5.41, 5.74) is 2.78. The Morgan fingerprint density at radius 2 is 2.00 bits per heavy atom. The standard InChI is InChI=1S/C16H14Br2N2O5/c1-24-14-6-10(17)2-3-13(14)25-8-15(22)20-19-7-9-4-11(18)16(23)12(21)5-9/h2-7,21,23H,8H2,1H3,(H,20,22)/b19-7-. The summed E-state index contributed by atoms with van der Waals surface area (Å²) >= 11 is 6.41. The van der Waals surface area contributed by atoms with Crippen LogP contribution in [-0.2, 0) is 4.79 Å². The molecule has 7 nitrogen and oxygen atoms in total. The monoisotopic (exact) mass is 472 g/mol. The molecule has 0 saturated heterocycles. The summed E-state index contributed by atoms with van der Waals surface area (Å²) in [7, 11) is 1.50. The number of aromatic hydroxyl groups is 2. The maximum Gasteiger partial charge on any atom is 0.277 e. The van der Waals surface area contributed by atoms with Gasteiger partial charge in [0.15, 0.2) is 29.6 Å². The van der Waals surface area contributed by atoms with E-state index in [1.807, 2.05) is 0 Å². The molecule has 0 aliphatic heterocycles. The number of methoxy groups -OCH3 is 1. The number of phenolic OH excluding ortho intramolecular Hbond substituents is 2. The van der Waals surface area contributed by atoms with Crippen molar-refractivity contribution >= 4 is 44.0 Å². The molecule has 0 heterocycles. The van der Waals surface area contributed by atoms with E-state index in [1.54, 1.807) is 18.2 Å². The summed E-state index contributed by atoms with van der Waals surface area (Å²) < 4.78 is 11.7. The van der Waals surface area contributed by atoms with Crippen LogP contribution in [0.5, 0.6) is 23.0 Å². The van der Waals surface area contributed by atoms with Crippen LogP contribution < -0.4 is 14.9 Å². The van der Waals surface area contributed by atoms with E-state index in [9.17, 15) is 15.0 Å². The second-order valence-electron chi connectivity index (χ2n) is 4.75. The molecule has 3 N–H and O–H groups in total. The van der Waals surface area contributed by atoms with Gasteiger partial charge in [-0.2, -0.15) is 5.10 Å². The van der Waals surface area contributed by atoms with Gasteiger partial charge in [-0.05, 0) is 51.8 Å². The van der Waals surface area contributed by atoms with Crippen LogP contribution in [0.1, 0.15) is 5.56 Å². The lowest BCUT2D eigenvalue weighted by atomic mass is 10.2. The van der Waals surface area contributed by atoms with Crippen molar-refractivity contribution < 1.29 is 24.5 Å². The van der Waals surface area contributed by atoms with Crippen molar-refractivity contribution in [3.05, 3.63) is 44.8 Å². The minimum absolute atomic E-state index is 0.250. The van der Waals surface area contributed by atoms with E-state index in [1.165, 1.54) is 25.5 Å². The maximum absolute atomic E-state index is 11.8. The number of ether oxygens (including phenoxy) is 2. The van der Waals surface area contributed by atoms with Gasteiger partial charge in [0.2, 0.25) is 0 Å². The van der Waals surface area contributed by atoms with Gasteiger partial charge in [-0.25, -0.2) is 5.43 Å².